The molecule has 1 aliphatic heterocycles. The smallest absolute Gasteiger partial charge is 0.192 e. The van der Waals surface area contributed by atoms with Crippen LogP contribution >= 0.6 is 0 Å². The number of ether oxygens (including phenoxy) is 2. The third kappa shape index (κ3) is 3.02. The Labute approximate surface area is 123 Å². The number of rotatable bonds is 3. The zero-order valence-electron chi connectivity index (χ0n) is 13.7. The van der Waals surface area contributed by atoms with Crippen LogP contribution in [0.5, 0.6) is 0 Å². The highest BCUT2D eigenvalue weighted by Gasteiger charge is 2.50. The first-order chi connectivity index (χ1) is 8.93. The molecule has 0 radical (unpaired) electrons. The van der Waals surface area contributed by atoms with E-state index in [-0.39, 0.29) is 17.2 Å². The van der Waals surface area contributed by atoms with E-state index >= 15 is 0 Å². The Morgan fingerprint density at radius 3 is 2.45 bits per heavy atom. The van der Waals surface area contributed by atoms with Gasteiger partial charge in [0.05, 0.1) is 6.61 Å². The molecule has 2 rings (SSSR count). The Hall–Kier alpha value is -0.203. The van der Waals surface area contributed by atoms with Gasteiger partial charge in [-0.15, -0.1) is 0 Å². The van der Waals surface area contributed by atoms with E-state index in [0.29, 0.717) is 6.61 Å². The molecule has 1 fully saturated rings. The number of fused-ring (bicyclic) bond motifs is 1. The molecule has 4 nitrogen and oxygen atoms in total. The van der Waals surface area contributed by atoms with E-state index in [1.807, 2.05) is 19.9 Å². The van der Waals surface area contributed by atoms with Crippen molar-refractivity contribution in [2.45, 2.75) is 76.8 Å². The van der Waals surface area contributed by atoms with Crippen LogP contribution in [0.3, 0.4) is 0 Å². The maximum atomic E-state index is 10.1. The Bertz CT molecular complexity index is 409. The van der Waals surface area contributed by atoms with Crippen molar-refractivity contribution in [3.8, 4) is 0 Å². The average Bonchev–Trinajstić information content (AvgIpc) is 2.70. The molecule has 0 amide bonds. The van der Waals surface area contributed by atoms with E-state index in [1.165, 1.54) is 0 Å². The third-order valence-electron chi connectivity index (χ3n) is 4.62. The van der Waals surface area contributed by atoms with Gasteiger partial charge in [0.1, 0.15) is 18.3 Å². The lowest BCUT2D eigenvalue weighted by Gasteiger charge is -2.36. The van der Waals surface area contributed by atoms with E-state index in [9.17, 15) is 5.11 Å². The Morgan fingerprint density at radius 1 is 1.30 bits per heavy atom. The third-order valence-corrected chi connectivity index (χ3v) is 9.10. The predicted molar refractivity (Wildman–Crippen MR) is 81.1 cm³/mol. The Kier molecular flexibility index (Phi) is 3.98. The van der Waals surface area contributed by atoms with E-state index in [4.69, 9.17) is 13.9 Å². The highest BCUT2D eigenvalue weighted by molar-refractivity contribution is 6.74. The molecule has 0 aromatic heterocycles. The molecular weight excluding hydrogens is 272 g/mol. The largest absolute Gasteiger partial charge is 0.413 e. The van der Waals surface area contributed by atoms with Crippen molar-refractivity contribution in [2.24, 2.45) is 0 Å². The Morgan fingerprint density at radius 2 is 1.90 bits per heavy atom. The highest BCUT2D eigenvalue weighted by Crippen LogP contribution is 2.40. The normalized spacial score (nSPS) is 33.2. The lowest BCUT2D eigenvalue weighted by molar-refractivity contribution is -0.153. The molecule has 1 N–H and O–H groups in total. The summed E-state index contributed by atoms with van der Waals surface area (Å²) in [6.07, 6.45) is 0.769. The van der Waals surface area contributed by atoms with Gasteiger partial charge in [-0.3, -0.25) is 0 Å². The van der Waals surface area contributed by atoms with Crippen LogP contribution in [0.4, 0.5) is 0 Å². The molecule has 0 spiro atoms. The molecule has 2 aliphatic rings. The number of hydrogen-bond donors (Lipinski definition) is 1. The van der Waals surface area contributed by atoms with Crippen molar-refractivity contribution in [1.82, 2.24) is 0 Å². The molecule has 1 heterocycles. The summed E-state index contributed by atoms with van der Waals surface area (Å²) in [6, 6.07) is 0. The molecule has 0 saturated carbocycles. The SMILES string of the molecule is CC1(C)O[C@H]2[C@H](O)C=C(CO[Si](C)(C)C(C)(C)C)[C@H]2O1. The van der Waals surface area contributed by atoms with Gasteiger partial charge >= 0.3 is 0 Å². The highest BCUT2D eigenvalue weighted by atomic mass is 28.4. The topological polar surface area (TPSA) is 47.9 Å². The van der Waals surface area contributed by atoms with Gasteiger partial charge in [-0.1, -0.05) is 20.8 Å². The van der Waals surface area contributed by atoms with Crippen LogP contribution in [0.1, 0.15) is 34.6 Å². The fourth-order valence-corrected chi connectivity index (χ4v) is 3.31. The van der Waals surface area contributed by atoms with Crippen LogP contribution in [0.2, 0.25) is 18.1 Å². The molecule has 1 aliphatic carbocycles. The summed E-state index contributed by atoms with van der Waals surface area (Å²) in [5.74, 6) is -0.632. The van der Waals surface area contributed by atoms with Crippen molar-refractivity contribution in [3.63, 3.8) is 0 Å². The average molecular weight is 300 g/mol. The van der Waals surface area contributed by atoms with Crippen LogP contribution in [-0.4, -0.2) is 44.1 Å². The van der Waals surface area contributed by atoms with Gasteiger partial charge in [-0.25, -0.2) is 0 Å². The van der Waals surface area contributed by atoms with Crippen LogP contribution in [0.15, 0.2) is 11.6 Å². The molecule has 3 atom stereocenters. The standard InChI is InChI=1S/C15H28O4Si/c1-14(2,3)20(6,7)17-9-10-8-11(16)13-12(10)18-15(4,5)19-13/h8,11-13,16H,9H2,1-7H3/t11-,12-,13+/m1/s1. The second-order valence-corrected chi connectivity index (χ2v) is 12.6. The van der Waals surface area contributed by atoms with Gasteiger partial charge in [0.2, 0.25) is 0 Å². The summed E-state index contributed by atoms with van der Waals surface area (Å²) in [5.41, 5.74) is 1.01. The molecule has 0 aromatic carbocycles. The lowest BCUT2D eigenvalue weighted by Crippen LogP contribution is -2.41. The quantitative estimate of drug-likeness (QED) is 0.643. The van der Waals surface area contributed by atoms with Crippen LogP contribution in [0.25, 0.3) is 0 Å². The minimum Gasteiger partial charge on any atom is -0.413 e. The fraction of sp³-hybridized carbons (Fsp3) is 0.867. The van der Waals surface area contributed by atoms with E-state index in [2.05, 4.69) is 33.9 Å². The molecular formula is C15H28O4Si. The summed E-state index contributed by atoms with van der Waals surface area (Å²) in [5, 5.41) is 10.2. The van der Waals surface area contributed by atoms with E-state index < -0.39 is 20.2 Å². The van der Waals surface area contributed by atoms with Crippen molar-refractivity contribution < 1.29 is 19.0 Å². The first kappa shape index (κ1) is 16.2. The summed E-state index contributed by atoms with van der Waals surface area (Å²) >= 11 is 0. The van der Waals surface area contributed by atoms with E-state index in [0.717, 1.165) is 5.57 Å². The van der Waals surface area contributed by atoms with Crippen molar-refractivity contribution in [3.05, 3.63) is 11.6 Å². The summed E-state index contributed by atoms with van der Waals surface area (Å²) < 4.78 is 17.9. The van der Waals surface area contributed by atoms with Crippen molar-refractivity contribution >= 4 is 8.32 Å². The zero-order valence-corrected chi connectivity index (χ0v) is 14.7. The van der Waals surface area contributed by atoms with Crippen LogP contribution in [-0.2, 0) is 13.9 Å². The Balaban J connectivity index is 2.03. The van der Waals surface area contributed by atoms with Gasteiger partial charge < -0.3 is 19.0 Å². The number of hydrogen-bond acceptors (Lipinski definition) is 4. The van der Waals surface area contributed by atoms with Crippen LogP contribution < -0.4 is 0 Å². The minimum absolute atomic E-state index is 0.176. The van der Waals surface area contributed by atoms with Gasteiger partial charge in [0, 0.05) is 0 Å². The summed E-state index contributed by atoms with van der Waals surface area (Å²) in [7, 11) is -1.79. The van der Waals surface area contributed by atoms with Gasteiger partial charge in [-0.2, -0.15) is 0 Å². The van der Waals surface area contributed by atoms with E-state index in [1.54, 1.807) is 0 Å². The predicted octanol–water partition coefficient (Wildman–Crippen LogP) is 2.83. The van der Waals surface area contributed by atoms with Crippen LogP contribution in [0, 0.1) is 0 Å². The maximum Gasteiger partial charge on any atom is 0.192 e. The molecule has 20 heavy (non-hydrogen) atoms. The van der Waals surface area contributed by atoms with Gasteiger partial charge in [-0.05, 0) is 43.6 Å². The summed E-state index contributed by atoms with van der Waals surface area (Å²) in [4.78, 5) is 0. The second kappa shape index (κ2) is 4.92. The first-order valence-electron chi connectivity index (χ1n) is 7.31. The molecule has 1 saturated heterocycles. The summed E-state index contributed by atoms with van der Waals surface area (Å²) in [6.45, 7) is 15.4. The molecule has 0 bridgehead atoms. The van der Waals surface area contributed by atoms with Gasteiger partial charge in [0.15, 0.2) is 14.1 Å². The molecule has 116 valence electrons. The molecule has 5 heteroatoms. The minimum atomic E-state index is -1.79. The zero-order chi connectivity index (χ0) is 15.3. The molecule has 0 aromatic rings. The monoisotopic (exact) mass is 300 g/mol. The fourth-order valence-electron chi connectivity index (χ4n) is 2.35. The first-order valence-corrected chi connectivity index (χ1v) is 10.2. The number of aliphatic hydroxyl groups excluding tert-OH is 1. The van der Waals surface area contributed by atoms with Gasteiger partial charge in [0.25, 0.3) is 0 Å². The van der Waals surface area contributed by atoms with Crippen molar-refractivity contribution in [2.75, 3.05) is 6.61 Å². The maximum absolute atomic E-state index is 10.1. The lowest BCUT2D eigenvalue weighted by atomic mass is 10.1. The van der Waals surface area contributed by atoms with Crippen molar-refractivity contribution in [1.29, 1.82) is 0 Å². The second-order valence-electron chi connectivity index (χ2n) is 7.80. The number of aliphatic hydroxyl groups is 1. The molecule has 0 unspecified atom stereocenters.